The number of aromatic amines is 1. The van der Waals surface area contributed by atoms with E-state index in [1.54, 1.807) is 0 Å². The predicted octanol–water partition coefficient (Wildman–Crippen LogP) is 5.33. The molecule has 0 aliphatic heterocycles. The maximum atomic E-state index is 6.42. The van der Waals surface area contributed by atoms with Crippen LogP contribution in [0.25, 0.3) is 10.9 Å². The van der Waals surface area contributed by atoms with E-state index >= 15 is 0 Å². The minimum absolute atomic E-state index is 0.227. The smallest absolute Gasteiger partial charge is 0.0705 e. The lowest BCUT2D eigenvalue weighted by Gasteiger charge is -2.14. The molecule has 1 heterocycles. The predicted molar refractivity (Wildman–Crippen MR) is 90.0 cm³/mol. The molecule has 2 aromatic carbocycles. The summed E-state index contributed by atoms with van der Waals surface area (Å²) < 4.78 is 0. The van der Waals surface area contributed by atoms with Crippen molar-refractivity contribution in [2.45, 2.75) is 19.5 Å². The first-order valence-electron chi connectivity index (χ1n) is 6.89. The summed E-state index contributed by atoms with van der Waals surface area (Å²) in [5, 5.41) is 6.09. The van der Waals surface area contributed by atoms with Gasteiger partial charge in [-0.3, -0.25) is 0 Å². The van der Waals surface area contributed by atoms with Crippen molar-refractivity contribution in [2.24, 2.45) is 0 Å². The van der Waals surface area contributed by atoms with E-state index in [4.69, 9.17) is 23.2 Å². The van der Waals surface area contributed by atoms with Crippen molar-refractivity contribution < 1.29 is 0 Å². The van der Waals surface area contributed by atoms with Crippen LogP contribution in [0.15, 0.2) is 48.5 Å². The van der Waals surface area contributed by atoms with E-state index in [0.717, 1.165) is 26.6 Å². The maximum Gasteiger partial charge on any atom is 0.0705 e. The Morgan fingerprint density at radius 2 is 1.76 bits per heavy atom. The molecule has 0 saturated carbocycles. The lowest BCUT2D eigenvalue weighted by Crippen LogP contribution is -2.18. The zero-order valence-electron chi connectivity index (χ0n) is 11.7. The van der Waals surface area contributed by atoms with Gasteiger partial charge in [-0.2, -0.15) is 0 Å². The minimum Gasteiger partial charge on any atom is -0.356 e. The Kier molecular flexibility index (Phi) is 4.20. The fourth-order valence-electron chi connectivity index (χ4n) is 2.41. The van der Waals surface area contributed by atoms with Crippen molar-refractivity contribution in [3.8, 4) is 0 Å². The normalized spacial score (nSPS) is 12.7. The van der Waals surface area contributed by atoms with E-state index in [2.05, 4.69) is 17.2 Å². The molecule has 0 radical (unpaired) electrons. The molecule has 0 unspecified atom stereocenters. The summed E-state index contributed by atoms with van der Waals surface area (Å²) in [6, 6.07) is 16.2. The molecule has 0 amide bonds. The van der Waals surface area contributed by atoms with E-state index in [1.165, 1.54) is 5.56 Å². The summed E-state index contributed by atoms with van der Waals surface area (Å²) in [4.78, 5) is 3.36. The third-order valence-electron chi connectivity index (χ3n) is 3.67. The molecular weight excluding hydrogens is 303 g/mol. The molecule has 4 heteroatoms. The highest BCUT2D eigenvalue weighted by Gasteiger charge is 2.10. The van der Waals surface area contributed by atoms with E-state index in [1.807, 2.05) is 48.5 Å². The third kappa shape index (κ3) is 3.08. The van der Waals surface area contributed by atoms with Crippen LogP contribution in [0.1, 0.15) is 24.2 Å². The van der Waals surface area contributed by atoms with Gasteiger partial charge in [0.05, 0.1) is 5.02 Å². The zero-order chi connectivity index (χ0) is 14.8. The van der Waals surface area contributed by atoms with Crippen LogP contribution in [0.4, 0.5) is 0 Å². The van der Waals surface area contributed by atoms with Crippen molar-refractivity contribution in [1.82, 2.24) is 10.3 Å². The van der Waals surface area contributed by atoms with Gasteiger partial charge in [0.15, 0.2) is 0 Å². The van der Waals surface area contributed by atoms with Crippen LogP contribution < -0.4 is 5.32 Å². The lowest BCUT2D eigenvalue weighted by molar-refractivity contribution is 0.569. The molecule has 0 aliphatic rings. The van der Waals surface area contributed by atoms with Gasteiger partial charge in [-0.15, -0.1) is 0 Å². The van der Waals surface area contributed by atoms with Gasteiger partial charge in [-0.05, 0) is 30.7 Å². The Labute approximate surface area is 134 Å². The number of rotatable bonds is 4. The van der Waals surface area contributed by atoms with E-state index in [-0.39, 0.29) is 6.04 Å². The molecule has 0 bridgehead atoms. The number of hydrogen-bond donors (Lipinski definition) is 2. The quantitative estimate of drug-likeness (QED) is 0.669. The van der Waals surface area contributed by atoms with Crippen LogP contribution in [-0.4, -0.2) is 4.98 Å². The van der Waals surface area contributed by atoms with Crippen molar-refractivity contribution >= 4 is 34.1 Å². The first-order valence-corrected chi connectivity index (χ1v) is 7.64. The molecule has 108 valence electrons. The molecule has 1 aromatic heterocycles. The van der Waals surface area contributed by atoms with Gasteiger partial charge in [0.25, 0.3) is 0 Å². The fraction of sp³-hybridized carbons (Fsp3) is 0.176. The van der Waals surface area contributed by atoms with Crippen molar-refractivity contribution in [3.63, 3.8) is 0 Å². The summed E-state index contributed by atoms with van der Waals surface area (Å²) in [6.07, 6.45) is 0. The second-order valence-corrected chi connectivity index (χ2v) is 5.93. The van der Waals surface area contributed by atoms with Crippen LogP contribution in [0, 0.1) is 0 Å². The maximum absolute atomic E-state index is 6.42. The molecule has 2 N–H and O–H groups in total. The Bertz CT molecular complexity index is 747. The van der Waals surface area contributed by atoms with Gasteiger partial charge in [0, 0.05) is 34.2 Å². The number of para-hydroxylation sites is 1. The molecule has 0 saturated heterocycles. The van der Waals surface area contributed by atoms with Crippen LogP contribution in [0.2, 0.25) is 10.0 Å². The van der Waals surface area contributed by atoms with Gasteiger partial charge in [0.1, 0.15) is 0 Å². The number of fused-ring (bicyclic) bond motifs is 1. The zero-order valence-corrected chi connectivity index (χ0v) is 13.2. The van der Waals surface area contributed by atoms with Crippen LogP contribution in [-0.2, 0) is 6.54 Å². The highest BCUT2D eigenvalue weighted by atomic mass is 35.5. The standard InChI is InChI=1S/C17H16Cl2N2/c1-11(12-6-8-13(18)9-7-12)20-10-16-17(19)14-4-2-3-5-15(14)21-16/h2-9,11,20-21H,10H2,1H3/t11-/m1/s1. The molecule has 2 nitrogen and oxygen atoms in total. The molecule has 1 atom stereocenters. The Hall–Kier alpha value is -1.48. The number of benzene rings is 2. The number of hydrogen-bond acceptors (Lipinski definition) is 1. The average molecular weight is 319 g/mol. The highest BCUT2D eigenvalue weighted by Crippen LogP contribution is 2.27. The highest BCUT2D eigenvalue weighted by molar-refractivity contribution is 6.36. The Morgan fingerprint density at radius 1 is 1.05 bits per heavy atom. The van der Waals surface area contributed by atoms with E-state index in [9.17, 15) is 0 Å². The molecular formula is C17H16Cl2N2. The second kappa shape index (κ2) is 6.10. The van der Waals surface area contributed by atoms with Gasteiger partial charge >= 0.3 is 0 Å². The number of aromatic nitrogens is 1. The molecule has 0 fully saturated rings. The SMILES string of the molecule is C[C@@H](NCc1[nH]c2ccccc2c1Cl)c1ccc(Cl)cc1. The van der Waals surface area contributed by atoms with Crippen LogP contribution in [0.3, 0.4) is 0 Å². The average Bonchev–Trinajstić information content (AvgIpc) is 2.82. The number of nitrogens with one attached hydrogen (secondary N) is 2. The number of H-pyrrole nitrogens is 1. The van der Waals surface area contributed by atoms with Gasteiger partial charge < -0.3 is 10.3 Å². The first kappa shape index (κ1) is 14.5. The van der Waals surface area contributed by atoms with E-state index in [0.29, 0.717) is 6.54 Å². The topological polar surface area (TPSA) is 27.8 Å². The van der Waals surface area contributed by atoms with Gasteiger partial charge in [0.2, 0.25) is 0 Å². The summed E-state index contributed by atoms with van der Waals surface area (Å²) in [6.45, 7) is 2.82. The molecule has 21 heavy (non-hydrogen) atoms. The van der Waals surface area contributed by atoms with Crippen molar-refractivity contribution in [3.05, 3.63) is 69.8 Å². The van der Waals surface area contributed by atoms with Crippen LogP contribution in [0.5, 0.6) is 0 Å². The second-order valence-electron chi connectivity index (χ2n) is 5.12. The summed E-state index contributed by atoms with van der Waals surface area (Å²) in [7, 11) is 0. The third-order valence-corrected chi connectivity index (χ3v) is 4.35. The molecule has 3 aromatic rings. The first-order chi connectivity index (χ1) is 10.1. The van der Waals surface area contributed by atoms with Crippen molar-refractivity contribution in [1.29, 1.82) is 0 Å². The Balaban J connectivity index is 1.74. The van der Waals surface area contributed by atoms with Gasteiger partial charge in [-0.1, -0.05) is 53.5 Å². The number of halogens is 2. The van der Waals surface area contributed by atoms with Crippen molar-refractivity contribution in [2.75, 3.05) is 0 Å². The fourth-order valence-corrected chi connectivity index (χ4v) is 2.81. The Morgan fingerprint density at radius 3 is 2.48 bits per heavy atom. The molecule has 0 spiro atoms. The van der Waals surface area contributed by atoms with Crippen LogP contribution >= 0.6 is 23.2 Å². The molecule has 3 rings (SSSR count). The summed E-state index contributed by atoms with van der Waals surface area (Å²) >= 11 is 12.3. The lowest BCUT2D eigenvalue weighted by atomic mass is 10.1. The van der Waals surface area contributed by atoms with Gasteiger partial charge in [-0.25, -0.2) is 0 Å². The summed E-state index contributed by atoms with van der Waals surface area (Å²) in [5.41, 5.74) is 3.28. The summed E-state index contributed by atoms with van der Waals surface area (Å²) in [5.74, 6) is 0. The monoisotopic (exact) mass is 318 g/mol. The largest absolute Gasteiger partial charge is 0.356 e. The van der Waals surface area contributed by atoms with E-state index < -0.39 is 0 Å². The minimum atomic E-state index is 0.227. The molecule has 0 aliphatic carbocycles.